The number of phenolic OH excluding ortho intramolecular Hbond substituents is 1. The minimum absolute atomic E-state index is 0.0410. The molecule has 1 aliphatic rings. The fraction of sp³-hybridized carbons (Fsp3) is 0.217. The van der Waals surface area contributed by atoms with Crippen LogP contribution in [-0.2, 0) is 26.0 Å². The molecule has 158 valence electrons. The van der Waals surface area contributed by atoms with E-state index >= 15 is 0 Å². The number of nitrogens with zero attached hydrogens (tertiary/aromatic N) is 2. The van der Waals surface area contributed by atoms with E-state index in [0.29, 0.717) is 23.2 Å². The number of esters is 1. The fourth-order valence-corrected chi connectivity index (χ4v) is 5.55. The van der Waals surface area contributed by atoms with Crippen LogP contribution in [0.2, 0.25) is 0 Å². The van der Waals surface area contributed by atoms with Crippen LogP contribution in [0.3, 0.4) is 0 Å². The van der Waals surface area contributed by atoms with Gasteiger partial charge in [0.15, 0.2) is 5.75 Å². The molecule has 31 heavy (non-hydrogen) atoms. The van der Waals surface area contributed by atoms with Gasteiger partial charge in [-0.1, -0.05) is 18.2 Å². The van der Waals surface area contributed by atoms with Crippen molar-refractivity contribution in [2.45, 2.75) is 19.4 Å². The maximum atomic E-state index is 13.2. The van der Waals surface area contributed by atoms with E-state index in [2.05, 4.69) is 6.07 Å². The van der Waals surface area contributed by atoms with Gasteiger partial charge in [-0.25, -0.2) is 8.42 Å². The van der Waals surface area contributed by atoms with Crippen LogP contribution in [0, 0.1) is 11.3 Å². The van der Waals surface area contributed by atoms with E-state index < -0.39 is 27.8 Å². The molecule has 3 aromatic rings. The van der Waals surface area contributed by atoms with Gasteiger partial charge in [0.2, 0.25) is 10.0 Å². The molecule has 0 amide bonds. The van der Waals surface area contributed by atoms with Gasteiger partial charge in [0.05, 0.1) is 30.0 Å². The van der Waals surface area contributed by atoms with Crippen LogP contribution in [0.1, 0.15) is 29.7 Å². The SMILES string of the molecule is CCOC(=O)CS(=O)(=O)N1c2ccc(O)cc2C[C@@H]1c1ccc2ccc(C#N)cc2c1. The zero-order valence-corrected chi connectivity index (χ0v) is 17.6. The van der Waals surface area contributed by atoms with Crippen molar-refractivity contribution in [3.63, 3.8) is 0 Å². The number of hydrogen-bond donors (Lipinski definition) is 1. The number of ether oxygens (including phenoxy) is 1. The summed E-state index contributed by atoms with van der Waals surface area (Å²) in [6.45, 7) is 1.71. The molecule has 0 saturated heterocycles. The Balaban J connectivity index is 1.81. The molecule has 1 N–H and O–H groups in total. The van der Waals surface area contributed by atoms with Crippen LogP contribution in [0.4, 0.5) is 5.69 Å². The second-order valence-electron chi connectivity index (χ2n) is 7.32. The molecule has 0 fully saturated rings. The summed E-state index contributed by atoms with van der Waals surface area (Å²) in [6, 6.07) is 16.9. The number of sulfonamides is 1. The molecule has 0 unspecified atom stereocenters. The van der Waals surface area contributed by atoms with Gasteiger partial charge >= 0.3 is 5.97 Å². The summed E-state index contributed by atoms with van der Waals surface area (Å²) >= 11 is 0. The average molecular weight is 436 g/mol. The second kappa shape index (κ2) is 7.93. The lowest BCUT2D eigenvalue weighted by atomic mass is 9.98. The van der Waals surface area contributed by atoms with Crippen LogP contribution in [0.15, 0.2) is 54.6 Å². The molecule has 1 atom stereocenters. The maximum absolute atomic E-state index is 13.2. The third-order valence-electron chi connectivity index (χ3n) is 5.28. The van der Waals surface area contributed by atoms with Gasteiger partial charge in [-0.3, -0.25) is 9.10 Å². The van der Waals surface area contributed by atoms with E-state index in [1.54, 1.807) is 25.1 Å². The average Bonchev–Trinajstić information content (AvgIpc) is 3.12. The first kappa shape index (κ1) is 20.7. The quantitative estimate of drug-likeness (QED) is 0.614. The summed E-state index contributed by atoms with van der Waals surface area (Å²) in [5.74, 6) is -1.55. The van der Waals surface area contributed by atoms with Crippen molar-refractivity contribution in [3.05, 3.63) is 71.3 Å². The van der Waals surface area contributed by atoms with Crippen LogP contribution in [-0.4, -0.2) is 31.9 Å². The molecule has 4 rings (SSSR count). The molecular formula is C23H20N2O5S. The predicted octanol–water partition coefficient (Wildman–Crippen LogP) is 3.41. The van der Waals surface area contributed by atoms with Gasteiger partial charge in [0.25, 0.3) is 0 Å². The molecule has 1 aliphatic heterocycles. The number of hydrogen-bond acceptors (Lipinski definition) is 6. The molecule has 0 bridgehead atoms. The number of aromatic hydroxyl groups is 1. The minimum Gasteiger partial charge on any atom is -0.508 e. The minimum atomic E-state index is -4.05. The molecule has 0 aromatic heterocycles. The highest BCUT2D eigenvalue weighted by molar-refractivity contribution is 7.93. The van der Waals surface area contributed by atoms with Gasteiger partial charge < -0.3 is 9.84 Å². The number of phenols is 1. The number of anilines is 1. The van der Waals surface area contributed by atoms with Crippen molar-refractivity contribution in [3.8, 4) is 11.8 Å². The van der Waals surface area contributed by atoms with Crippen molar-refractivity contribution in [1.29, 1.82) is 5.26 Å². The molecule has 0 saturated carbocycles. The van der Waals surface area contributed by atoms with Gasteiger partial charge in [0, 0.05) is 6.42 Å². The summed E-state index contributed by atoms with van der Waals surface area (Å²) < 4.78 is 32.6. The van der Waals surface area contributed by atoms with Crippen molar-refractivity contribution in [2.75, 3.05) is 16.7 Å². The second-order valence-corrected chi connectivity index (χ2v) is 9.17. The smallest absolute Gasteiger partial charge is 0.323 e. The highest BCUT2D eigenvalue weighted by Gasteiger charge is 2.40. The Kier molecular flexibility index (Phi) is 5.29. The summed E-state index contributed by atoms with van der Waals surface area (Å²) in [5, 5.41) is 20.8. The molecule has 0 radical (unpaired) electrons. The van der Waals surface area contributed by atoms with Crippen LogP contribution in [0.25, 0.3) is 10.8 Å². The van der Waals surface area contributed by atoms with Crippen molar-refractivity contribution < 1.29 is 23.1 Å². The third kappa shape index (κ3) is 3.92. The van der Waals surface area contributed by atoms with Crippen molar-refractivity contribution in [1.82, 2.24) is 0 Å². The fourth-order valence-electron chi connectivity index (χ4n) is 3.97. The number of nitriles is 1. The Labute approximate surface area is 180 Å². The highest BCUT2D eigenvalue weighted by atomic mass is 32.2. The summed E-state index contributed by atoms with van der Waals surface area (Å²) in [6.07, 6.45) is 0.342. The molecular weight excluding hydrogens is 416 g/mol. The van der Waals surface area contributed by atoms with Gasteiger partial charge in [-0.05, 0) is 65.2 Å². The summed E-state index contributed by atoms with van der Waals surface area (Å²) in [5.41, 5.74) is 2.34. The predicted molar refractivity (Wildman–Crippen MR) is 116 cm³/mol. The Hall–Kier alpha value is -3.57. The number of carbonyl (C=O) groups excluding carboxylic acids is 1. The molecule has 3 aromatic carbocycles. The van der Waals surface area contributed by atoms with E-state index in [4.69, 9.17) is 4.74 Å². The number of carbonyl (C=O) groups is 1. The monoisotopic (exact) mass is 436 g/mol. The Morgan fingerprint density at radius 2 is 1.94 bits per heavy atom. The topological polar surface area (TPSA) is 108 Å². The Morgan fingerprint density at radius 3 is 2.68 bits per heavy atom. The number of rotatable bonds is 5. The van der Waals surface area contributed by atoms with E-state index in [1.807, 2.05) is 24.3 Å². The van der Waals surface area contributed by atoms with Crippen LogP contribution >= 0.6 is 0 Å². The van der Waals surface area contributed by atoms with Gasteiger partial charge in [-0.2, -0.15) is 5.26 Å². The van der Waals surface area contributed by atoms with E-state index in [9.17, 15) is 23.6 Å². The Bertz CT molecular complexity index is 1330. The van der Waals surface area contributed by atoms with E-state index in [-0.39, 0.29) is 12.4 Å². The highest BCUT2D eigenvalue weighted by Crippen LogP contribution is 2.44. The number of benzene rings is 3. The zero-order chi connectivity index (χ0) is 22.2. The summed E-state index contributed by atoms with van der Waals surface area (Å²) in [7, 11) is -4.05. The number of fused-ring (bicyclic) bond motifs is 2. The molecule has 7 nitrogen and oxygen atoms in total. The molecule has 8 heteroatoms. The first-order chi connectivity index (χ1) is 14.8. The standard InChI is InChI=1S/C23H20N2O5S/c1-2-30-23(27)14-31(28,29)25-21-8-7-20(26)11-19(21)12-22(25)17-6-5-16-4-3-15(13-24)9-18(16)10-17/h3-11,22,26H,2,12,14H2,1H3/t22-/m1/s1. The molecule has 0 aliphatic carbocycles. The van der Waals surface area contributed by atoms with Gasteiger partial charge in [0.1, 0.15) is 5.75 Å². The van der Waals surface area contributed by atoms with Crippen LogP contribution < -0.4 is 4.31 Å². The lowest BCUT2D eigenvalue weighted by molar-refractivity contribution is -0.139. The lowest BCUT2D eigenvalue weighted by Gasteiger charge is -2.27. The van der Waals surface area contributed by atoms with Crippen LogP contribution in [0.5, 0.6) is 5.75 Å². The molecule has 1 heterocycles. The van der Waals surface area contributed by atoms with Crippen molar-refractivity contribution in [2.24, 2.45) is 0 Å². The van der Waals surface area contributed by atoms with E-state index in [1.165, 1.54) is 16.4 Å². The third-order valence-corrected chi connectivity index (χ3v) is 6.93. The van der Waals surface area contributed by atoms with Gasteiger partial charge in [-0.15, -0.1) is 0 Å². The van der Waals surface area contributed by atoms with E-state index in [0.717, 1.165) is 16.3 Å². The summed E-state index contributed by atoms with van der Waals surface area (Å²) in [4.78, 5) is 12.0. The lowest BCUT2D eigenvalue weighted by Crippen LogP contribution is -2.37. The first-order valence-corrected chi connectivity index (χ1v) is 11.4. The Morgan fingerprint density at radius 1 is 1.16 bits per heavy atom. The first-order valence-electron chi connectivity index (χ1n) is 9.76. The van der Waals surface area contributed by atoms with Crippen molar-refractivity contribution >= 4 is 32.5 Å². The zero-order valence-electron chi connectivity index (χ0n) is 16.8. The maximum Gasteiger partial charge on any atom is 0.323 e. The normalized spacial score (nSPS) is 15.5. The molecule has 0 spiro atoms. The largest absolute Gasteiger partial charge is 0.508 e.